The maximum Gasteiger partial charge on any atom is 0.274 e. The minimum atomic E-state index is -3.42. The first kappa shape index (κ1) is 18.6. The van der Waals surface area contributed by atoms with Gasteiger partial charge in [0.05, 0.1) is 12.5 Å². The van der Waals surface area contributed by atoms with Crippen molar-refractivity contribution in [2.45, 2.75) is 18.4 Å². The largest absolute Gasteiger partial charge is 0.336 e. The molecule has 2 atom stereocenters. The van der Waals surface area contributed by atoms with Gasteiger partial charge in [0.25, 0.3) is 5.91 Å². The molecule has 1 amide bonds. The van der Waals surface area contributed by atoms with Crippen LogP contribution in [-0.2, 0) is 10.0 Å². The van der Waals surface area contributed by atoms with E-state index >= 15 is 0 Å². The molecule has 1 aromatic carbocycles. The van der Waals surface area contributed by atoms with E-state index in [-0.39, 0.29) is 18.4 Å². The van der Waals surface area contributed by atoms with E-state index in [2.05, 4.69) is 14.8 Å². The third kappa shape index (κ3) is 3.76. The normalized spacial score (nSPS) is 20.4. The molecule has 0 bridgehead atoms. The number of carbonyl (C=O) groups excluding carboxylic acids is 1. The molecule has 9 heteroatoms. The first-order chi connectivity index (χ1) is 13.4. The summed E-state index contributed by atoms with van der Waals surface area (Å²) in [5.41, 5.74) is 2.02. The highest BCUT2D eigenvalue weighted by Gasteiger charge is 2.35. The van der Waals surface area contributed by atoms with Gasteiger partial charge in [-0.3, -0.25) is 4.79 Å². The molecular weight excluding hydrogens is 378 g/mol. The van der Waals surface area contributed by atoms with Crippen LogP contribution in [0.2, 0.25) is 0 Å². The number of benzene rings is 1. The van der Waals surface area contributed by atoms with Crippen molar-refractivity contribution in [1.82, 2.24) is 24.2 Å². The summed E-state index contributed by atoms with van der Waals surface area (Å²) in [6.45, 7) is 0.811. The number of nitrogens with zero attached hydrogens (tertiary/aromatic N) is 4. The van der Waals surface area contributed by atoms with Crippen molar-refractivity contribution in [3.8, 4) is 0 Å². The zero-order valence-corrected chi connectivity index (χ0v) is 16.2. The third-order valence-corrected chi connectivity index (χ3v) is 5.72. The van der Waals surface area contributed by atoms with Crippen LogP contribution in [-0.4, -0.2) is 59.2 Å². The van der Waals surface area contributed by atoms with Gasteiger partial charge in [0.15, 0.2) is 11.3 Å². The molecule has 2 aromatic heterocycles. The Morgan fingerprint density at radius 3 is 2.71 bits per heavy atom. The van der Waals surface area contributed by atoms with Crippen LogP contribution >= 0.6 is 0 Å². The molecule has 3 aromatic rings. The third-order valence-electron chi connectivity index (χ3n) is 4.99. The summed E-state index contributed by atoms with van der Waals surface area (Å²) in [5.74, 6) is -0.210. The number of likely N-dealkylation sites (tertiary alicyclic amines) is 1. The molecule has 1 saturated heterocycles. The van der Waals surface area contributed by atoms with Gasteiger partial charge in [-0.2, -0.15) is 5.10 Å². The van der Waals surface area contributed by atoms with Crippen LogP contribution in [0.25, 0.3) is 5.65 Å². The lowest BCUT2D eigenvalue weighted by Gasteiger charge is -2.38. The van der Waals surface area contributed by atoms with Crippen LogP contribution in [0.15, 0.2) is 54.9 Å². The Morgan fingerprint density at radius 2 is 1.96 bits per heavy atom. The van der Waals surface area contributed by atoms with Crippen molar-refractivity contribution in [2.24, 2.45) is 0 Å². The lowest BCUT2D eigenvalue weighted by Crippen LogP contribution is -2.53. The Hall–Kier alpha value is -2.78. The molecule has 3 heterocycles. The minimum absolute atomic E-state index is 0.000263. The van der Waals surface area contributed by atoms with Crippen LogP contribution in [0, 0.1) is 0 Å². The van der Waals surface area contributed by atoms with Gasteiger partial charge in [-0.15, -0.1) is 0 Å². The number of sulfonamides is 1. The summed E-state index contributed by atoms with van der Waals surface area (Å²) in [6.07, 6.45) is 4.91. The second-order valence-corrected chi connectivity index (χ2v) is 8.77. The van der Waals surface area contributed by atoms with E-state index < -0.39 is 16.1 Å². The Kier molecular flexibility index (Phi) is 4.86. The quantitative estimate of drug-likeness (QED) is 0.713. The molecule has 0 unspecified atom stereocenters. The van der Waals surface area contributed by atoms with E-state index in [1.165, 1.54) is 10.7 Å². The molecule has 4 rings (SSSR count). The molecule has 0 spiro atoms. The summed E-state index contributed by atoms with van der Waals surface area (Å²) in [6, 6.07) is 12.9. The molecule has 8 nitrogen and oxygen atoms in total. The van der Waals surface area contributed by atoms with Crippen LogP contribution in [0.5, 0.6) is 0 Å². The number of nitrogens with one attached hydrogen (secondary N) is 1. The average molecular weight is 399 g/mol. The van der Waals surface area contributed by atoms with Crippen molar-refractivity contribution in [3.05, 3.63) is 66.1 Å². The predicted molar refractivity (Wildman–Crippen MR) is 104 cm³/mol. The number of fused-ring (bicyclic) bond motifs is 1. The first-order valence-electron chi connectivity index (χ1n) is 9.02. The van der Waals surface area contributed by atoms with Crippen molar-refractivity contribution in [2.75, 3.05) is 19.3 Å². The van der Waals surface area contributed by atoms with Crippen LogP contribution in [0.4, 0.5) is 0 Å². The summed E-state index contributed by atoms with van der Waals surface area (Å²) in [5, 5.41) is 4.19. The van der Waals surface area contributed by atoms with E-state index in [0.717, 1.165) is 11.8 Å². The van der Waals surface area contributed by atoms with E-state index in [4.69, 9.17) is 0 Å². The number of hydrogen-bond acceptors (Lipinski definition) is 5. The zero-order chi connectivity index (χ0) is 19.7. The molecule has 0 radical (unpaired) electrons. The van der Waals surface area contributed by atoms with E-state index in [9.17, 15) is 13.2 Å². The van der Waals surface area contributed by atoms with Gasteiger partial charge in [-0.05, 0) is 24.1 Å². The second kappa shape index (κ2) is 7.33. The van der Waals surface area contributed by atoms with Gasteiger partial charge in [0.2, 0.25) is 10.0 Å². The van der Waals surface area contributed by atoms with Crippen LogP contribution < -0.4 is 4.72 Å². The highest BCUT2D eigenvalue weighted by Crippen LogP contribution is 2.29. The first-order valence-corrected chi connectivity index (χ1v) is 10.9. The van der Waals surface area contributed by atoms with Gasteiger partial charge in [0, 0.05) is 31.2 Å². The highest BCUT2D eigenvalue weighted by atomic mass is 32.2. The number of piperidine rings is 1. The number of rotatable bonds is 4. The Bertz CT molecular complexity index is 1100. The molecule has 1 aliphatic rings. The smallest absolute Gasteiger partial charge is 0.274 e. The standard InChI is InChI=1S/C19H21N5O3S/c1-28(26,27)22-16-13-23(11-9-15(16)14-6-3-2-4-7-14)19(25)17-12-20-18-8-5-10-21-24(17)18/h2-8,10,12,15-16,22H,9,11,13H2,1H3/t15-,16-/m0/s1. The van der Waals surface area contributed by atoms with Gasteiger partial charge >= 0.3 is 0 Å². The number of imidazole rings is 1. The SMILES string of the molecule is CS(=O)(=O)N[C@H]1CN(C(=O)c2cnc3cccnn23)CC[C@H]1c1ccccc1. The van der Waals surface area contributed by atoms with E-state index in [0.29, 0.717) is 24.3 Å². The van der Waals surface area contributed by atoms with Crippen molar-refractivity contribution in [3.63, 3.8) is 0 Å². The van der Waals surface area contributed by atoms with E-state index in [1.54, 1.807) is 23.2 Å². The molecule has 28 heavy (non-hydrogen) atoms. The second-order valence-electron chi connectivity index (χ2n) is 6.99. The van der Waals surface area contributed by atoms with Crippen molar-refractivity contribution in [1.29, 1.82) is 0 Å². The monoisotopic (exact) mass is 399 g/mol. The lowest BCUT2D eigenvalue weighted by atomic mass is 9.85. The summed E-state index contributed by atoms with van der Waals surface area (Å²) < 4.78 is 28.1. The fraction of sp³-hybridized carbons (Fsp3) is 0.316. The molecule has 1 N–H and O–H groups in total. The Labute approximate surface area is 163 Å². The Balaban J connectivity index is 1.61. The lowest BCUT2D eigenvalue weighted by molar-refractivity contribution is 0.0678. The van der Waals surface area contributed by atoms with E-state index in [1.807, 2.05) is 30.3 Å². The molecule has 0 saturated carbocycles. The number of aromatic nitrogens is 3. The number of amides is 1. The minimum Gasteiger partial charge on any atom is -0.336 e. The molecule has 146 valence electrons. The van der Waals surface area contributed by atoms with Gasteiger partial charge in [-0.1, -0.05) is 30.3 Å². The number of hydrogen-bond donors (Lipinski definition) is 1. The topological polar surface area (TPSA) is 96.7 Å². The van der Waals surface area contributed by atoms with Gasteiger partial charge in [-0.25, -0.2) is 22.6 Å². The van der Waals surface area contributed by atoms with Crippen LogP contribution in [0.3, 0.4) is 0 Å². The van der Waals surface area contributed by atoms with Crippen molar-refractivity contribution < 1.29 is 13.2 Å². The average Bonchev–Trinajstić information content (AvgIpc) is 3.11. The molecule has 1 fully saturated rings. The predicted octanol–water partition coefficient (Wildman–Crippen LogP) is 1.28. The summed E-state index contributed by atoms with van der Waals surface area (Å²) in [7, 11) is -3.42. The fourth-order valence-corrected chi connectivity index (χ4v) is 4.56. The summed E-state index contributed by atoms with van der Waals surface area (Å²) >= 11 is 0. The maximum atomic E-state index is 13.1. The fourth-order valence-electron chi connectivity index (χ4n) is 3.77. The van der Waals surface area contributed by atoms with Gasteiger partial charge < -0.3 is 4.90 Å². The highest BCUT2D eigenvalue weighted by molar-refractivity contribution is 7.88. The van der Waals surface area contributed by atoms with Crippen LogP contribution in [0.1, 0.15) is 28.4 Å². The van der Waals surface area contributed by atoms with Gasteiger partial charge in [0.1, 0.15) is 0 Å². The molecular formula is C19H21N5O3S. The number of carbonyl (C=O) groups is 1. The summed E-state index contributed by atoms with van der Waals surface area (Å²) in [4.78, 5) is 19.0. The molecule has 1 aliphatic heterocycles. The molecule has 0 aliphatic carbocycles. The Morgan fingerprint density at radius 1 is 1.18 bits per heavy atom. The zero-order valence-electron chi connectivity index (χ0n) is 15.4. The van der Waals surface area contributed by atoms with Crippen molar-refractivity contribution >= 4 is 21.6 Å². The maximum absolute atomic E-state index is 13.1.